The summed E-state index contributed by atoms with van der Waals surface area (Å²) in [6.45, 7) is 5.08. The number of allylic oxidation sites excluding steroid dienone is 1. The normalized spacial score (nSPS) is 22.4. The number of amidine groups is 1. The lowest BCUT2D eigenvalue weighted by atomic mass is 9.95. The number of fused-ring (bicyclic) bond motifs is 1. The second kappa shape index (κ2) is 5.93. The average Bonchev–Trinajstić information content (AvgIpc) is 3.01. The number of aromatic amines is 1. The van der Waals surface area contributed by atoms with Crippen molar-refractivity contribution >= 4 is 23.9 Å². The Morgan fingerprint density at radius 1 is 1.55 bits per heavy atom. The van der Waals surface area contributed by atoms with Gasteiger partial charge in [-0.25, -0.2) is 4.99 Å². The van der Waals surface area contributed by atoms with Gasteiger partial charge in [-0.3, -0.25) is 9.69 Å². The largest absolute Gasteiger partial charge is 0.383 e. The van der Waals surface area contributed by atoms with Crippen LogP contribution in [0.25, 0.3) is 12.2 Å². The first-order chi connectivity index (χ1) is 10.6. The van der Waals surface area contributed by atoms with Gasteiger partial charge in [0.15, 0.2) is 0 Å². The predicted molar refractivity (Wildman–Crippen MR) is 87.5 cm³/mol. The second-order valence-electron chi connectivity index (χ2n) is 5.77. The zero-order valence-electron chi connectivity index (χ0n) is 13.2. The van der Waals surface area contributed by atoms with Crippen molar-refractivity contribution in [2.75, 3.05) is 20.3 Å². The standard InChI is InChI=1S/C17H21N3O2/c1-11-5-4-6-13-9-14(19-16(11)13)10-15-17(21)20(7-8-22-3)12(2)18-15/h4,6,9-11,19H,5,7-8H2,1-3H3/b15-10-. The maximum atomic E-state index is 12.4. The summed E-state index contributed by atoms with van der Waals surface area (Å²) < 4.78 is 5.04. The Morgan fingerprint density at radius 2 is 2.36 bits per heavy atom. The summed E-state index contributed by atoms with van der Waals surface area (Å²) in [6.07, 6.45) is 7.19. The highest BCUT2D eigenvalue weighted by atomic mass is 16.5. The van der Waals surface area contributed by atoms with Crippen LogP contribution in [0.15, 0.2) is 22.8 Å². The molecule has 1 aromatic heterocycles. The molecule has 116 valence electrons. The van der Waals surface area contributed by atoms with E-state index in [-0.39, 0.29) is 5.91 Å². The lowest BCUT2D eigenvalue weighted by molar-refractivity contribution is -0.123. The molecule has 5 heteroatoms. The van der Waals surface area contributed by atoms with Crippen molar-refractivity contribution in [1.29, 1.82) is 0 Å². The molecule has 1 unspecified atom stereocenters. The van der Waals surface area contributed by atoms with Crippen molar-refractivity contribution in [2.24, 2.45) is 4.99 Å². The number of aliphatic imine (C=N–C) groups is 1. The molecule has 1 aliphatic carbocycles. The summed E-state index contributed by atoms with van der Waals surface area (Å²) >= 11 is 0. The van der Waals surface area contributed by atoms with Crippen molar-refractivity contribution in [3.8, 4) is 0 Å². The first-order valence-electron chi connectivity index (χ1n) is 7.57. The number of H-pyrrole nitrogens is 1. The molecule has 0 aromatic carbocycles. The first-order valence-corrected chi connectivity index (χ1v) is 7.57. The van der Waals surface area contributed by atoms with E-state index in [2.05, 4.69) is 35.1 Å². The number of rotatable bonds is 4. The Hall–Kier alpha value is -2.14. The molecule has 0 saturated heterocycles. The summed E-state index contributed by atoms with van der Waals surface area (Å²) in [5.41, 5.74) is 3.84. The van der Waals surface area contributed by atoms with E-state index in [0.29, 0.717) is 24.8 Å². The highest BCUT2D eigenvalue weighted by molar-refractivity contribution is 6.13. The maximum Gasteiger partial charge on any atom is 0.278 e. The van der Waals surface area contributed by atoms with Gasteiger partial charge in [0.05, 0.1) is 13.2 Å². The Morgan fingerprint density at radius 3 is 3.09 bits per heavy atom. The molecule has 2 aliphatic rings. The smallest absolute Gasteiger partial charge is 0.278 e. The predicted octanol–water partition coefficient (Wildman–Crippen LogP) is 2.78. The Kier molecular flexibility index (Phi) is 3.98. The zero-order valence-corrected chi connectivity index (χ0v) is 13.2. The van der Waals surface area contributed by atoms with E-state index in [9.17, 15) is 4.79 Å². The number of nitrogens with zero attached hydrogens (tertiary/aromatic N) is 2. The molecule has 5 nitrogen and oxygen atoms in total. The van der Waals surface area contributed by atoms with Gasteiger partial charge in [-0.05, 0) is 31.1 Å². The second-order valence-corrected chi connectivity index (χ2v) is 5.77. The first kappa shape index (κ1) is 14.8. The van der Waals surface area contributed by atoms with Gasteiger partial charge in [-0.15, -0.1) is 0 Å². The van der Waals surface area contributed by atoms with E-state index >= 15 is 0 Å². The van der Waals surface area contributed by atoms with E-state index < -0.39 is 0 Å². The monoisotopic (exact) mass is 299 g/mol. The van der Waals surface area contributed by atoms with Crippen LogP contribution in [0.3, 0.4) is 0 Å². The van der Waals surface area contributed by atoms with Gasteiger partial charge < -0.3 is 9.72 Å². The number of aromatic nitrogens is 1. The van der Waals surface area contributed by atoms with Crippen molar-refractivity contribution < 1.29 is 9.53 Å². The van der Waals surface area contributed by atoms with Gasteiger partial charge in [0.2, 0.25) is 0 Å². The zero-order chi connectivity index (χ0) is 15.7. The van der Waals surface area contributed by atoms with Crippen molar-refractivity contribution in [2.45, 2.75) is 26.2 Å². The van der Waals surface area contributed by atoms with E-state index in [4.69, 9.17) is 4.74 Å². The molecule has 22 heavy (non-hydrogen) atoms. The number of ether oxygens (including phenoxy) is 1. The van der Waals surface area contributed by atoms with Gasteiger partial charge in [-0.2, -0.15) is 0 Å². The van der Waals surface area contributed by atoms with E-state index in [1.54, 1.807) is 12.0 Å². The molecule has 0 radical (unpaired) electrons. The molecule has 3 rings (SSSR count). The molecule has 2 heterocycles. The fourth-order valence-corrected chi connectivity index (χ4v) is 2.90. The van der Waals surface area contributed by atoms with Crippen molar-refractivity contribution in [3.05, 3.63) is 34.8 Å². The maximum absolute atomic E-state index is 12.4. The number of methoxy groups -OCH3 is 1. The van der Waals surface area contributed by atoms with Crippen LogP contribution < -0.4 is 0 Å². The molecule has 1 aliphatic heterocycles. The van der Waals surface area contributed by atoms with Crippen LogP contribution in [0, 0.1) is 0 Å². The molecule has 1 amide bonds. The topological polar surface area (TPSA) is 57.7 Å². The Bertz CT molecular complexity index is 682. The number of carbonyl (C=O) groups excluding carboxylic acids is 1. The quantitative estimate of drug-likeness (QED) is 0.869. The van der Waals surface area contributed by atoms with Crippen LogP contribution in [0.5, 0.6) is 0 Å². The van der Waals surface area contributed by atoms with Crippen LogP contribution in [0.4, 0.5) is 0 Å². The van der Waals surface area contributed by atoms with Crippen LogP contribution in [0.1, 0.15) is 43.1 Å². The minimum absolute atomic E-state index is 0.0642. The third kappa shape index (κ3) is 2.64. The van der Waals surface area contributed by atoms with Gasteiger partial charge >= 0.3 is 0 Å². The van der Waals surface area contributed by atoms with E-state index in [0.717, 1.165) is 18.0 Å². The lowest BCUT2D eigenvalue weighted by Crippen LogP contribution is -2.33. The summed E-state index contributed by atoms with van der Waals surface area (Å²) in [7, 11) is 1.63. The highest BCUT2D eigenvalue weighted by Gasteiger charge is 2.27. The molecular weight excluding hydrogens is 278 g/mol. The van der Waals surface area contributed by atoms with Crippen LogP contribution in [0.2, 0.25) is 0 Å². The third-order valence-corrected chi connectivity index (χ3v) is 4.13. The number of amides is 1. The number of carbonyl (C=O) groups is 1. The lowest BCUT2D eigenvalue weighted by Gasteiger charge is -2.14. The van der Waals surface area contributed by atoms with Crippen molar-refractivity contribution in [1.82, 2.24) is 9.88 Å². The summed E-state index contributed by atoms with van der Waals surface area (Å²) in [5.74, 6) is 1.14. The van der Waals surface area contributed by atoms with Gasteiger partial charge in [0.25, 0.3) is 5.91 Å². The summed E-state index contributed by atoms with van der Waals surface area (Å²) in [4.78, 5) is 21.8. The summed E-state index contributed by atoms with van der Waals surface area (Å²) in [5, 5.41) is 0. The molecular formula is C17H21N3O2. The molecule has 0 bridgehead atoms. The third-order valence-electron chi connectivity index (χ3n) is 4.13. The van der Waals surface area contributed by atoms with Crippen LogP contribution in [-0.4, -0.2) is 41.9 Å². The average molecular weight is 299 g/mol. The fourth-order valence-electron chi connectivity index (χ4n) is 2.90. The van der Waals surface area contributed by atoms with Gasteiger partial charge in [0.1, 0.15) is 11.5 Å². The Balaban J connectivity index is 1.84. The molecule has 0 fully saturated rings. The molecule has 0 spiro atoms. The number of nitrogens with one attached hydrogen (secondary N) is 1. The van der Waals surface area contributed by atoms with E-state index in [1.165, 1.54) is 11.3 Å². The van der Waals surface area contributed by atoms with Gasteiger partial charge in [0, 0.05) is 24.4 Å². The minimum atomic E-state index is -0.0642. The molecule has 0 saturated carbocycles. The Labute approximate surface area is 130 Å². The van der Waals surface area contributed by atoms with Crippen molar-refractivity contribution in [3.63, 3.8) is 0 Å². The highest BCUT2D eigenvalue weighted by Crippen LogP contribution is 2.30. The van der Waals surface area contributed by atoms with Crippen LogP contribution in [-0.2, 0) is 9.53 Å². The minimum Gasteiger partial charge on any atom is -0.383 e. The fraction of sp³-hybridized carbons (Fsp3) is 0.412. The number of hydrogen-bond acceptors (Lipinski definition) is 3. The number of hydrogen-bond donors (Lipinski definition) is 1. The van der Waals surface area contributed by atoms with Gasteiger partial charge in [-0.1, -0.05) is 19.1 Å². The summed E-state index contributed by atoms with van der Waals surface area (Å²) in [6, 6.07) is 2.07. The molecule has 1 aromatic rings. The molecule has 1 N–H and O–H groups in total. The SMILES string of the molecule is COCCN1C(=O)/C(=C/c2cc3c([nH]2)C(C)CC=C3)N=C1C. The van der Waals surface area contributed by atoms with Crippen LogP contribution >= 0.6 is 0 Å². The van der Waals surface area contributed by atoms with E-state index in [1.807, 2.05) is 13.0 Å². The molecule has 1 atom stereocenters.